The van der Waals surface area contributed by atoms with E-state index >= 15 is 0 Å². The van der Waals surface area contributed by atoms with Crippen LogP contribution in [0, 0.1) is 5.92 Å². The Kier molecular flexibility index (Phi) is 4.55. The van der Waals surface area contributed by atoms with E-state index in [1.807, 2.05) is 0 Å². The lowest BCUT2D eigenvalue weighted by molar-refractivity contribution is -0.131. The molecule has 1 unspecified atom stereocenters. The Labute approximate surface area is 63.6 Å². The molecule has 1 atom stereocenters. The van der Waals surface area contributed by atoms with Crippen LogP contribution in [0.3, 0.4) is 0 Å². The maximum Gasteiger partial charge on any atom is 0.173 e. The number of carbonyl (C=O) groups excluding carboxylic acids is 2. The second-order valence-corrected chi connectivity index (χ2v) is 2.02. The molecule has 0 aliphatic rings. The van der Waals surface area contributed by atoms with Crippen molar-refractivity contribution in [1.82, 2.24) is 0 Å². The van der Waals surface area contributed by atoms with Gasteiger partial charge in [0.1, 0.15) is 18.8 Å². The molecule has 0 saturated carbocycles. The highest BCUT2D eigenvalue weighted by Gasteiger charge is 2.21. The lowest BCUT2D eigenvalue weighted by Crippen LogP contribution is -2.45. The van der Waals surface area contributed by atoms with Crippen LogP contribution in [0.25, 0.3) is 0 Å². The van der Waals surface area contributed by atoms with Gasteiger partial charge in [-0.2, -0.15) is 0 Å². The highest BCUT2D eigenvalue weighted by atomic mass is 16.6. The summed E-state index contributed by atoms with van der Waals surface area (Å²) in [5.41, 5.74) is 10.2. The van der Waals surface area contributed by atoms with Crippen molar-refractivity contribution in [2.75, 3.05) is 6.61 Å². The highest BCUT2D eigenvalue weighted by Crippen LogP contribution is 1.94. The normalized spacial score (nSPS) is 13.1. The van der Waals surface area contributed by atoms with Crippen LogP contribution < -0.4 is 17.4 Å². The summed E-state index contributed by atoms with van der Waals surface area (Å²) in [4.78, 5) is 25.0. The predicted octanol–water partition coefficient (Wildman–Crippen LogP) is -2.50. The second-order valence-electron chi connectivity index (χ2n) is 2.02. The number of hydrogen-bond acceptors (Lipinski definition) is 6. The molecule has 6 heteroatoms. The van der Waals surface area contributed by atoms with Crippen molar-refractivity contribution in [2.24, 2.45) is 23.3 Å². The zero-order chi connectivity index (χ0) is 8.85. The summed E-state index contributed by atoms with van der Waals surface area (Å²) < 4.78 is 0. The monoisotopic (exact) mass is 161 g/mol. The number of ketones is 1. The summed E-state index contributed by atoms with van der Waals surface area (Å²) in [6.07, 6.45) is -0.610. The van der Waals surface area contributed by atoms with Gasteiger partial charge >= 0.3 is 0 Å². The van der Waals surface area contributed by atoms with Gasteiger partial charge in [-0.3, -0.25) is 9.63 Å². The minimum atomic E-state index is -1.03. The van der Waals surface area contributed by atoms with Crippen molar-refractivity contribution in [3.8, 4) is 0 Å². The number of Topliss-reactive ketones (excluding diaryl/α,β-unsaturated/α-hetero) is 1. The fourth-order valence-electron chi connectivity index (χ4n) is 0.560. The summed E-state index contributed by atoms with van der Waals surface area (Å²) in [6.45, 7) is -0.353. The van der Waals surface area contributed by atoms with Crippen LogP contribution in [0.4, 0.5) is 0 Å². The number of rotatable bonds is 5. The second kappa shape index (κ2) is 4.91. The number of aldehydes is 1. The zero-order valence-corrected chi connectivity index (χ0v) is 5.90. The van der Waals surface area contributed by atoms with Crippen LogP contribution >= 0.6 is 0 Å². The standard InChI is InChI=1S/C5H11N3O3/c6-5(7)3(1-9)4(10)2-11-8/h1,3,5H,2,6-8H2. The van der Waals surface area contributed by atoms with Crippen molar-refractivity contribution < 1.29 is 14.4 Å². The Hall–Kier alpha value is -0.820. The van der Waals surface area contributed by atoms with Crippen molar-refractivity contribution >= 4 is 12.1 Å². The summed E-state index contributed by atoms with van der Waals surface area (Å²) in [6, 6.07) is 0. The molecular weight excluding hydrogens is 150 g/mol. The quantitative estimate of drug-likeness (QED) is 0.177. The van der Waals surface area contributed by atoms with E-state index in [9.17, 15) is 9.59 Å². The van der Waals surface area contributed by atoms with Crippen LogP contribution in [0.1, 0.15) is 0 Å². The zero-order valence-electron chi connectivity index (χ0n) is 5.90. The molecule has 0 aromatic carbocycles. The first-order chi connectivity index (χ1) is 5.13. The largest absolute Gasteiger partial charge is 0.315 e. The van der Waals surface area contributed by atoms with Crippen LogP contribution in [-0.2, 0) is 14.4 Å². The Morgan fingerprint density at radius 1 is 1.55 bits per heavy atom. The molecule has 0 heterocycles. The maximum absolute atomic E-state index is 10.8. The van der Waals surface area contributed by atoms with Crippen molar-refractivity contribution in [1.29, 1.82) is 0 Å². The van der Waals surface area contributed by atoms with Crippen molar-refractivity contribution in [3.63, 3.8) is 0 Å². The molecule has 0 aliphatic heterocycles. The third kappa shape index (κ3) is 3.19. The van der Waals surface area contributed by atoms with Gasteiger partial charge in [0.2, 0.25) is 0 Å². The minimum Gasteiger partial charge on any atom is -0.315 e. The number of nitrogens with two attached hydrogens (primary N) is 3. The molecule has 11 heavy (non-hydrogen) atoms. The topological polar surface area (TPSA) is 121 Å². The summed E-state index contributed by atoms with van der Waals surface area (Å²) in [5, 5.41) is 0. The number of carbonyl (C=O) groups is 2. The molecule has 6 nitrogen and oxygen atoms in total. The Morgan fingerprint density at radius 2 is 2.09 bits per heavy atom. The van der Waals surface area contributed by atoms with E-state index in [2.05, 4.69) is 10.7 Å². The number of hydrogen-bond donors (Lipinski definition) is 3. The predicted molar refractivity (Wildman–Crippen MR) is 36.9 cm³/mol. The average molecular weight is 161 g/mol. The molecule has 0 aromatic heterocycles. The van der Waals surface area contributed by atoms with Gasteiger partial charge < -0.3 is 16.3 Å². The van der Waals surface area contributed by atoms with E-state index < -0.39 is 17.9 Å². The van der Waals surface area contributed by atoms with Crippen LogP contribution in [0.15, 0.2) is 0 Å². The smallest absolute Gasteiger partial charge is 0.173 e. The molecule has 0 spiro atoms. The molecule has 6 N–H and O–H groups in total. The molecular formula is C5H11N3O3. The fraction of sp³-hybridized carbons (Fsp3) is 0.600. The van der Waals surface area contributed by atoms with E-state index in [4.69, 9.17) is 11.5 Å². The van der Waals surface area contributed by atoms with Gasteiger partial charge in [-0.25, -0.2) is 5.90 Å². The van der Waals surface area contributed by atoms with Gasteiger partial charge in [0, 0.05) is 0 Å². The highest BCUT2D eigenvalue weighted by molar-refractivity contribution is 5.94. The van der Waals surface area contributed by atoms with Gasteiger partial charge in [-0.1, -0.05) is 0 Å². The van der Waals surface area contributed by atoms with Crippen LogP contribution in [0.5, 0.6) is 0 Å². The SMILES string of the molecule is NOCC(=O)C(C=O)C(N)N. The minimum absolute atomic E-state index is 0.353. The third-order valence-electron chi connectivity index (χ3n) is 1.16. The molecule has 0 bridgehead atoms. The molecule has 0 rings (SSSR count). The van der Waals surface area contributed by atoms with E-state index in [1.165, 1.54) is 0 Å². The Balaban J connectivity index is 4.03. The average Bonchev–Trinajstić information content (AvgIpc) is 1.88. The summed E-state index contributed by atoms with van der Waals surface area (Å²) in [5.74, 6) is 3.06. The van der Waals surface area contributed by atoms with Crippen molar-refractivity contribution in [2.45, 2.75) is 6.17 Å². The van der Waals surface area contributed by atoms with Crippen molar-refractivity contribution in [3.05, 3.63) is 0 Å². The van der Waals surface area contributed by atoms with Gasteiger partial charge in [0.25, 0.3) is 0 Å². The van der Waals surface area contributed by atoms with E-state index in [1.54, 1.807) is 0 Å². The molecule has 0 saturated heterocycles. The Bertz CT molecular complexity index is 148. The van der Waals surface area contributed by atoms with Gasteiger partial charge in [0.05, 0.1) is 6.17 Å². The van der Waals surface area contributed by atoms with Crippen LogP contribution in [0.2, 0.25) is 0 Å². The lowest BCUT2D eigenvalue weighted by Gasteiger charge is -2.11. The van der Waals surface area contributed by atoms with Crippen LogP contribution in [-0.4, -0.2) is 24.8 Å². The first-order valence-corrected chi connectivity index (χ1v) is 2.94. The summed E-state index contributed by atoms with van der Waals surface area (Å²) >= 11 is 0. The Morgan fingerprint density at radius 3 is 2.36 bits per heavy atom. The molecule has 64 valence electrons. The lowest BCUT2D eigenvalue weighted by atomic mass is 10.0. The van der Waals surface area contributed by atoms with E-state index in [0.717, 1.165) is 0 Å². The fourth-order valence-corrected chi connectivity index (χ4v) is 0.560. The first kappa shape index (κ1) is 10.2. The maximum atomic E-state index is 10.8. The first-order valence-electron chi connectivity index (χ1n) is 2.94. The molecule has 0 fully saturated rings. The summed E-state index contributed by atoms with van der Waals surface area (Å²) in [7, 11) is 0. The molecule has 0 radical (unpaired) electrons. The van der Waals surface area contributed by atoms with E-state index in [-0.39, 0.29) is 6.61 Å². The molecule has 0 amide bonds. The van der Waals surface area contributed by atoms with Gasteiger partial charge in [-0.15, -0.1) is 0 Å². The van der Waals surface area contributed by atoms with Gasteiger partial charge in [-0.05, 0) is 0 Å². The molecule has 0 aliphatic carbocycles. The van der Waals surface area contributed by atoms with E-state index in [0.29, 0.717) is 6.29 Å². The molecule has 0 aromatic rings. The van der Waals surface area contributed by atoms with Gasteiger partial charge in [0.15, 0.2) is 5.78 Å². The third-order valence-corrected chi connectivity index (χ3v) is 1.16.